The highest BCUT2D eigenvalue weighted by Crippen LogP contribution is 2.38. The zero-order chi connectivity index (χ0) is 13.5. The van der Waals surface area contributed by atoms with Crippen LogP contribution < -0.4 is 0 Å². The molecule has 0 bridgehead atoms. The van der Waals surface area contributed by atoms with Crippen LogP contribution >= 0.6 is 0 Å². The molecule has 2 aromatic carbocycles. The number of hydrogen-bond donors (Lipinski definition) is 1. The van der Waals surface area contributed by atoms with E-state index in [4.69, 9.17) is 0 Å². The lowest BCUT2D eigenvalue weighted by atomic mass is 10.0. The molecule has 0 fully saturated rings. The van der Waals surface area contributed by atoms with Crippen molar-refractivity contribution in [3.05, 3.63) is 65.4 Å². The van der Waals surface area contributed by atoms with Gasteiger partial charge in [-0.1, -0.05) is 36.4 Å². The SMILES string of the molecule is O=Cc1cc(-c2ccc3c(c2)Cc2ccccc2-3)n[nH]1. The van der Waals surface area contributed by atoms with Crippen LogP contribution in [-0.2, 0) is 6.42 Å². The fraction of sp³-hybridized carbons (Fsp3) is 0.0588. The topological polar surface area (TPSA) is 45.8 Å². The molecule has 0 amide bonds. The summed E-state index contributed by atoms with van der Waals surface area (Å²) in [5.74, 6) is 0. The molecule has 0 atom stereocenters. The average molecular weight is 260 g/mol. The first-order valence-electron chi connectivity index (χ1n) is 6.57. The van der Waals surface area contributed by atoms with Crippen LogP contribution in [0.3, 0.4) is 0 Å². The van der Waals surface area contributed by atoms with Crippen LogP contribution in [0.2, 0.25) is 0 Å². The summed E-state index contributed by atoms with van der Waals surface area (Å²) >= 11 is 0. The molecule has 3 aromatic rings. The number of carbonyl (C=O) groups is 1. The zero-order valence-electron chi connectivity index (χ0n) is 10.8. The molecular weight excluding hydrogens is 248 g/mol. The number of carbonyl (C=O) groups excluding carboxylic acids is 1. The summed E-state index contributed by atoms with van der Waals surface area (Å²) in [5, 5.41) is 6.90. The predicted molar refractivity (Wildman–Crippen MR) is 77.7 cm³/mol. The number of nitrogens with one attached hydrogen (secondary N) is 1. The standard InChI is InChI=1S/C17H12N2O/c20-10-14-9-17(19-18-14)12-5-6-16-13(8-12)7-11-3-1-2-4-15(11)16/h1-6,8-10H,7H2,(H,18,19). The lowest BCUT2D eigenvalue weighted by Gasteiger charge is -2.03. The maximum atomic E-state index is 10.7. The third kappa shape index (κ3) is 1.60. The smallest absolute Gasteiger partial charge is 0.167 e. The minimum atomic E-state index is 0.504. The van der Waals surface area contributed by atoms with Crippen molar-refractivity contribution in [1.29, 1.82) is 0 Å². The Bertz CT molecular complexity index is 817. The Labute approximate surface area is 116 Å². The second-order valence-electron chi connectivity index (χ2n) is 5.03. The second kappa shape index (κ2) is 4.17. The third-order valence-electron chi connectivity index (χ3n) is 3.81. The molecule has 1 aliphatic rings. The molecule has 0 unspecified atom stereocenters. The largest absolute Gasteiger partial charge is 0.296 e. The average Bonchev–Trinajstić information content (AvgIpc) is 3.10. The van der Waals surface area contributed by atoms with Crippen molar-refractivity contribution >= 4 is 6.29 Å². The molecular formula is C17H12N2O. The molecule has 0 saturated carbocycles. The van der Waals surface area contributed by atoms with Crippen LogP contribution in [0, 0.1) is 0 Å². The summed E-state index contributed by atoms with van der Waals surface area (Å²) in [6, 6.07) is 16.6. The first-order valence-corrected chi connectivity index (χ1v) is 6.57. The van der Waals surface area contributed by atoms with Crippen LogP contribution in [0.25, 0.3) is 22.4 Å². The Balaban J connectivity index is 1.80. The normalized spacial score (nSPS) is 12.0. The van der Waals surface area contributed by atoms with Gasteiger partial charge in [-0.05, 0) is 40.8 Å². The van der Waals surface area contributed by atoms with Gasteiger partial charge in [0.1, 0.15) is 0 Å². The van der Waals surface area contributed by atoms with Gasteiger partial charge in [-0.2, -0.15) is 5.10 Å². The summed E-state index contributed by atoms with van der Waals surface area (Å²) in [6.45, 7) is 0. The Morgan fingerprint density at radius 2 is 1.85 bits per heavy atom. The molecule has 0 saturated heterocycles. The first kappa shape index (κ1) is 11.2. The molecule has 96 valence electrons. The lowest BCUT2D eigenvalue weighted by Crippen LogP contribution is -1.83. The van der Waals surface area contributed by atoms with E-state index in [2.05, 4.69) is 52.7 Å². The van der Waals surface area contributed by atoms with Gasteiger partial charge in [-0.15, -0.1) is 0 Å². The van der Waals surface area contributed by atoms with Crippen molar-refractivity contribution < 1.29 is 4.79 Å². The van der Waals surface area contributed by atoms with Crippen molar-refractivity contribution in [2.24, 2.45) is 0 Å². The molecule has 1 N–H and O–H groups in total. The number of aromatic nitrogens is 2. The van der Waals surface area contributed by atoms with E-state index >= 15 is 0 Å². The summed E-state index contributed by atoms with van der Waals surface area (Å²) in [7, 11) is 0. The second-order valence-corrected chi connectivity index (χ2v) is 5.03. The van der Waals surface area contributed by atoms with Gasteiger partial charge in [0.05, 0.1) is 11.4 Å². The summed E-state index contributed by atoms with van der Waals surface area (Å²) in [4.78, 5) is 10.7. The lowest BCUT2D eigenvalue weighted by molar-refractivity contribution is 0.111. The summed E-state index contributed by atoms with van der Waals surface area (Å²) in [5.41, 5.74) is 7.67. The van der Waals surface area contributed by atoms with Gasteiger partial charge < -0.3 is 0 Å². The molecule has 1 aromatic heterocycles. The van der Waals surface area contributed by atoms with Gasteiger partial charge in [-0.25, -0.2) is 0 Å². The molecule has 3 heteroatoms. The highest BCUT2D eigenvalue weighted by atomic mass is 16.1. The molecule has 0 radical (unpaired) electrons. The molecule has 0 aliphatic heterocycles. The van der Waals surface area contributed by atoms with E-state index in [-0.39, 0.29) is 0 Å². The van der Waals surface area contributed by atoms with Gasteiger partial charge in [0.15, 0.2) is 6.29 Å². The van der Waals surface area contributed by atoms with Gasteiger partial charge in [0, 0.05) is 5.56 Å². The highest BCUT2D eigenvalue weighted by molar-refractivity contribution is 5.80. The van der Waals surface area contributed by atoms with Crippen molar-refractivity contribution in [3.63, 3.8) is 0 Å². The number of aldehydes is 1. The van der Waals surface area contributed by atoms with Crippen molar-refractivity contribution in [2.75, 3.05) is 0 Å². The minimum absolute atomic E-state index is 0.504. The Kier molecular flexibility index (Phi) is 2.33. The monoisotopic (exact) mass is 260 g/mol. The van der Waals surface area contributed by atoms with Crippen LogP contribution in [0.5, 0.6) is 0 Å². The Morgan fingerprint density at radius 3 is 2.70 bits per heavy atom. The van der Waals surface area contributed by atoms with Crippen LogP contribution in [0.1, 0.15) is 21.6 Å². The van der Waals surface area contributed by atoms with E-state index < -0.39 is 0 Å². The fourth-order valence-electron chi connectivity index (χ4n) is 2.85. The van der Waals surface area contributed by atoms with Crippen molar-refractivity contribution in [3.8, 4) is 22.4 Å². The molecule has 20 heavy (non-hydrogen) atoms. The molecule has 1 aliphatic carbocycles. The van der Waals surface area contributed by atoms with Crippen LogP contribution in [-0.4, -0.2) is 16.5 Å². The van der Waals surface area contributed by atoms with E-state index in [9.17, 15) is 4.79 Å². The highest BCUT2D eigenvalue weighted by Gasteiger charge is 2.18. The van der Waals surface area contributed by atoms with Crippen LogP contribution in [0.15, 0.2) is 48.5 Å². The molecule has 3 nitrogen and oxygen atoms in total. The van der Waals surface area contributed by atoms with E-state index in [1.54, 1.807) is 6.07 Å². The number of hydrogen-bond acceptors (Lipinski definition) is 2. The third-order valence-corrected chi connectivity index (χ3v) is 3.81. The number of fused-ring (bicyclic) bond motifs is 3. The molecule has 1 heterocycles. The summed E-state index contributed by atoms with van der Waals surface area (Å²) < 4.78 is 0. The van der Waals surface area contributed by atoms with E-state index in [1.807, 2.05) is 0 Å². The molecule has 4 rings (SSSR count). The minimum Gasteiger partial charge on any atom is -0.296 e. The maximum Gasteiger partial charge on any atom is 0.167 e. The first-order chi connectivity index (χ1) is 9.85. The van der Waals surface area contributed by atoms with E-state index in [1.165, 1.54) is 22.3 Å². The Morgan fingerprint density at radius 1 is 1.00 bits per heavy atom. The number of aromatic amines is 1. The number of H-pyrrole nitrogens is 1. The fourth-order valence-corrected chi connectivity index (χ4v) is 2.85. The summed E-state index contributed by atoms with van der Waals surface area (Å²) in [6.07, 6.45) is 1.74. The van der Waals surface area contributed by atoms with E-state index in [0.29, 0.717) is 5.69 Å². The van der Waals surface area contributed by atoms with Gasteiger partial charge in [-0.3, -0.25) is 9.89 Å². The van der Waals surface area contributed by atoms with Gasteiger partial charge >= 0.3 is 0 Å². The van der Waals surface area contributed by atoms with Crippen molar-refractivity contribution in [1.82, 2.24) is 10.2 Å². The van der Waals surface area contributed by atoms with E-state index in [0.717, 1.165) is 24.0 Å². The van der Waals surface area contributed by atoms with Gasteiger partial charge in [0.2, 0.25) is 0 Å². The van der Waals surface area contributed by atoms with Crippen molar-refractivity contribution in [2.45, 2.75) is 6.42 Å². The quantitative estimate of drug-likeness (QED) is 0.561. The predicted octanol–water partition coefficient (Wildman–Crippen LogP) is 3.46. The van der Waals surface area contributed by atoms with Gasteiger partial charge in [0.25, 0.3) is 0 Å². The number of nitrogens with zero attached hydrogens (tertiary/aromatic N) is 1. The molecule has 0 spiro atoms. The van der Waals surface area contributed by atoms with Crippen LogP contribution in [0.4, 0.5) is 0 Å². The Hall–Kier alpha value is -2.68. The number of rotatable bonds is 2. The number of benzene rings is 2. The zero-order valence-corrected chi connectivity index (χ0v) is 10.8. The maximum absolute atomic E-state index is 10.7.